The lowest BCUT2D eigenvalue weighted by Gasteiger charge is -2.24. The van der Waals surface area contributed by atoms with Crippen molar-refractivity contribution in [1.82, 2.24) is 4.31 Å². The molecular weight excluding hydrogens is 316 g/mol. The number of nitro groups is 1. The number of thioether (sulfide) groups is 1. The molecule has 0 amide bonds. The van der Waals surface area contributed by atoms with Crippen molar-refractivity contribution < 1.29 is 13.3 Å². The topological polar surface area (TPSA) is 119 Å². The number of nitrogens with one attached hydrogen (secondary N) is 1. The van der Waals surface area contributed by atoms with Gasteiger partial charge in [0, 0.05) is 31.0 Å². The molecule has 116 valence electrons. The minimum Gasteiger partial charge on any atom is -0.323 e. The molecule has 1 saturated heterocycles. The van der Waals surface area contributed by atoms with Crippen molar-refractivity contribution in [2.75, 3.05) is 24.0 Å². The highest BCUT2D eigenvalue weighted by Crippen LogP contribution is 2.31. The fraction of sp³-hybridized carbons (Fsp3) is 0.455. The van der Waals surface area contributed by atoms with Crippen LogP contribution < -0.4 is 11.3 Å². The Labute approximate surface area is 126 Å². The van der Waals surface area contributed by atoms with E-state index < -0.39 is 14.9 Å². The van der Waals surface area contributed by atoms with Crippen molar-refractivity contribution in [2.45, 2.75) is 17.4 Å². The van der Waals surface area contributed by atoms with Gasteiger partial charge in [0.15, 0.2) is 0 Å². The summed E-state index contributed by atoms with van der Waals surface area (Å²) in [5, 5.41) is 10.8. The second-order valence-corrected chi connectivity index (χ2v) is 7.74. The van der Waals surface area contributed by atoms with Gasteiger partial charge in [0.25, 0.3) is 5.69 Å². The Morgan fingerprint density at radius 1 is 1.52 bits per heavy atom. The van der Waals surface area contributed by atoms with E-state index in [9.17, 15) is 18.5 Å². The second kappa shape index (κ2) is 6.18. The summed E-state index contributed by atoms with van der Waals surface area (Å²) in [6.07, 6.45) is 0.765. The third-order valence-corrected chi connectivity index (χ3v) is 6.50. The quantitative estimate of drug-likeness (QED) is 0.469. The Kier molecular flexibility index (Phi) is 4.71. The minimum atomic E-state index is -3.85. The van der Waals surface area contributed by atoms with Gasteiger partial charge >= 0.3 is 0 Å². The first kappa shape index (κ1) is 16.0. The molecule has 1 aliphatic rings. The van der Waals surface area contributed by atoms with Crippen molar-refractivity contribution in [3.63, 3.8) is 0 Å². The number of hydrazine groups is 1. The predicted molar refractivity (Wildman–Crippen MR) is 81.6 cm³/mol. The van der Waals surface area contributed by atoms with Crippen LogP contribution in [0.4, 0.5) is 11.4 Å². The van der Waals surface area contributed by atoms with E-state index in [1.54, 1.807) is 11.8 Å². The molecule has 1 aromatic rings. The molecular formula is C11H16N4O4S2. The van der Waals surface area contributed by atoms with Crippen molar-refractivity contribution in [3.05, 3.63) is 28.3 Å². The Balaban J connectivity index is 2.46. The summed E-state index contributed by atoms with van der Waals surface area (Å²) in [6.45, 7) is 0. The molecule has 0 saturated carbocycles. The molecule has 21 heavy (non-hydrogen) atoms. The fourth-order valence-electron chi connectivity index (χ4n) is 2.12. The third kappa shape index (κ3) is 3.12. The van der Waals surface area contributed by atoms with E-state index in [0.29, 0.717) is 0 Å². The molecule has 0 aliphatic carbocycles. The number of anilines is 1. The molecule has 2 rings (SSSR count). The van der Waals surface area contributed by atoms with Crippen LogP contribution in [-0.2, 0) is 10.0 Å². The highest BCUT2D eigenvalue weighted by atomic mass is 32.2. The summed E-state index contributed by atoms with van der Waals surface area (Å²) in [5.41, 5.74) is 2.13. The molecule has 0 bridgehead atoms. The van der Waals surface area contributed by atoms with E-state index in [1.807, 2.05) is 0 Å². The maximum Gasteiger partial charge on any atom is 0.270 e. The van der Waals surface area contributed by atoms with Crippen LogP contribution in [0, 0.1) is 10.1 Å². The summed E-state index contributed by atoms with van der Waals surface area (Å²) in [5.74, 6) is 6.94. The second-order valence-electron chi connectivity index (χ2n) is 4.62. The molecule has 1 aromatic carbocycles. The van der Waals surface area contributed by atoms with Crippen molar-refractivity contribution in [2.24, 2.45) is 5.84 Å². The van der Waals surface area contributed by atoms with E-state index in [-0.39, 0.29) is 22.3 Å². The van der Waals surface area contributed by atoms with Gasteiger partial charge in [-0.3, -0.25) is 16.0 Å². The van der Waals surface area contributed by atoms with Crippen LogP contribution >= 0.6 is 11.8 Å². The summed E-state index contributed by atoms with van der Waals surface area (Å²) in [4.78, 5) is 10.0. The van der Waals surface area contributed by atoms with Crippen LogP contribution in [0.2, 0.25) is 0 Å². The monoisotopic (exact) mass is 332 g/mol. The summed E-state index contributed by atoms with van der Waals surface area (Å²) in [7, 11) is -2.36. The lowest BCUT2D eigenvalue weighted by Crippen LogP contribution is -2.37. The van der Waals surface area contributed by atoms with Crippen LogP contribution in [0.1, 0.15) is 6.42 Å². The average Bonchev–Trinajstić information content (AvgIpc) is 2.99. The maximum atomic E-state index is 12.7. The van der Waals surface area contributed by atoms with Crippen molar-refractivity contribution in [3.8, 4) is 0 Å². The zero-order chi connectivity index (χ0) is 15.6. The number of nitrogen functional groups attached to an aromatic ring is 1. The number of nitrogens with two attached hydrogens (primary N) is 1. The summed E-state index contributed by atoms with van der Waals surface area (Å²) in [6, 6.07) is 3.43. The number of benzene rings is 1. The number of nitro benzene ring substituents is 1. The van der Waals surface area contributed by atoms with Gasteiger partial charge in [-0.25, -0.2) is 8.42 Å². The van der Waals surface area contributed by atoms with E-state index in [4.69, 9.17) is 5.84 Å². The van der Waals surface area contributed by atoms with Crippen LogP contribution in [0.3, 0.4) is 0 Å². The van der Waals surface area contributed by atoms with E-state index in [2.05, 4.69) is 5.43 Å². The van der Waals surface area contributed by atoms with Gasteiger partial charge in [-0.2, -0.15) is 16.1 Å². The molecule has 3 N–H and O–H groups in total. The normalized spacial score (nSPS) is 18.9. The number of hydrogen-bond donors (Lipinski definition) is 2. The summed E-state index contributed by atoms with van der Waals surface area (Å²) >= 11 is 1.69. The molecule has 1 aliphatic heterocycles. The molecule has 1 fully saturated rings. The van der Waals surface area contributed by atoms with Crippen molar-refractivity contribution >= 4 is 33.2 Å². The number of sulfonamides is 1. The Morgan fingerprint density at radius 3 is 2.76 bits per heavy atom. The molecule has 0 spiro atoms. The number of hydrogen-bond acceptors (Lipinski definition) is 7. The first-order chi connectivity index (χ1) is 9.87. The Morgan fingerprint density at radius 2 is 2.24 bits per heavy atom. The molecule has 8 nitrogen and oxygen atoms in total. The zero-order valence-electron chi connectivity index (χ0n) is 11.4. The molecule has 1 heterocycles. The number of nitrogens with zero attached hydrogens (tertiary/aromatic N) is 2. The standard InChI is InChI=1S/C11H16N4O4S2/c1-14(9-4-5-20-7-9)21(18,19)11-6-8(15(16)17)2-3-10(11)13-12/h2-3,6,9,13H,4-5,7,12H2,1H3. The molecule has 1 unspecified atom stereocenters. The average molecular weight is 332 g/mol. The van der Waals surface area contributed by atoms with Crippen LogP contribution in [-0.4, -0.2) is 42.2 Å². The maximum absolute atomic E-state index is 12.7. The van der Waals surface area contributed by atoms with Gasteiger partial charge in [0.1, 0.15) is 4.90 Å². The Hall–Kier alpha value is -1.36. The zero-order valence-corrected chi connectivity index (χ0v) is 13.0. The van der Waals surface area contributed by atoms with Crippen LogP contribution in [0.15, 0.2) is 23.1 Å². The summed E-state index contributed by atoms with van der Waals surface area (Å²) < 4.78 is 26.6. The first-order valence-corrected chi connectivity index (χ1v) is 8.78. The molecule has 10 heteroatoms. The fourth-order valence-corrected chi connectivity index (χ4v) is 5.04. The van der Waals surface area contributed by atoms with Crippen LogP contribution in [0.5, 0.6) is 0 Å². The highest BCUT2D eigenvalue weighted by Gasteiger charge is 2.32. The minimum absolute atomic E-state index is 0.107. The van der Waals surface area contributed by atoms with Gasteiger partial charge in [-0.1, -0.05) is 0 Å². The van der Waals surface area contributed by atoms with E-state index >= 15 is 0 Å². The molecule has 0 aromatic heterocycles. The molecule has 1 atom stereocenters. The van der Waals surface area contributed by atoms with E-state index in [0.717, 1.165) is 24.0 Å². The predicted octanol–water partition coefficient (Wildman–Crippen LogP) is 1.01. The van der Waals surface area contributed by atoms with Crippen molar-refractivity contribution in [1.29, 1.82) is 0 Å². The SMILES string of the molecule is CN(C1CCSC1)S(=O)(=O)c1cc([N+](=O)[O-])ccc1NN. The lowest BCUT2D eigenvalue weighted by atomic mass is 10.3. The number of rotatable bonds is 5. The first-order valence-electron chi connectivity index (χ1n) is 6.18. The Bertz CT molecular complexity index is 644. The smallest absolute Gasteiger partial charge is 0.270 e. The van der Waals surface area contributed by atoms with Gasteiger partial charge in [-0.15, -0.1) is 0 Å². The van der Waals surface area contributed by atoms with E-state index in [1.165, 1.54) is 23.5 Å². The highest BCUT2D eigenvalue weighted by molar-refractivity contribution is 7.99. The van der Waals surface area contributed by atoms with Gasteiger partial charge in [0.2, 0.25) is 10.0 Å². The van der Waals surface area contributed by atoms with Gasteiger partial charge in [-0.05, 0) is 18.2 Å². The van der Waals surface area contributed by atoms with Crippen LogP contribution in [0.25, 0.3) is 0 Å². The largest absolute Gasteiger partial charge is 0.323 e. The molecule has 0 radical (unpaired) electrons. The lowest BCUT2D eigenvalue weighted by molar-refractivity contribution is -0.385. The van der Waals surface area contributed by atoms with Gasteiger partial charge in [0.05, 0.1) is 10.6 Å². The van der Waals surface area contributed by atoms with Gasteiger partial charge < -0.3 is 5.43 Å². The number of non-ortho nitro benzene ring substituents is 1. The third-order valence-electron chi connectivity index (χ3n) is 3.41.